The van der Waals surface area contributed by atoms with Crippen LogP contribution < -0.4 is 10.4 Å². The van der Waals surface area contributed by atoms with Crippen molar-refractivity contribution in [3.05, 3.63) is 35.3 Å². The van der Waals surface area contributed by atoms with Crippen LogP contribution in [0.4, 0.5) is 0 Å². The third kappa shape index (κ3) is 1.98. The van der Waals surface area contributed by atoms with Gasteiger partial charge >= 0.3 is 11.7 Å². The van der Waals surface area contributed by atoms with Gasteiger partial charge in [-0.05, 0) is 31.0 Å². The lowest BCUT2D eigenvalue weighted by Crippen LogP contribution is -2.42. The number of pyridine rings is 1. The number of nitrogens with one attached hydrogen (secondary N) is 1. The number of fused-ring (bicyclic) bond motifs is 3. The largest absolute Gasteiger partial charge is 0.473 e. The first kappa shape index (κ1) is 12.8. The van der Waals surface area contributed by atoms with E-state index in [1.165, 1.54) is 0 Å². The highest BCUT2D eigenvalue weighted by molar-refractivity contribution is 5.88. The van der Waals surface area contributed by atoms with E-state index in [1.54, 1.807) is 10.9 Å². The molecule has 6 nitrogen and oxygen atoms in total. The van der Waals surface area contributed by atoms with Gasteiger partial charge in [-0.15, -0.1) is 4.68 Å². The number of rotatable bonds is 4. The molecule has 20 heavy (non-hydrogen) atoms. The number of nitrogens with zero attached hydrogens (tertiary/aromatic N) is 2. The highest BCUT2D eigenvalue weighted by Crippen LogP contribution is 2.32. The number of H-pyrrole nitrogens is 1. The molecular formula is C14H17N4O2+. The van der Waals surface area contributed by atoms with Gasteiger partial charge in [-0.3, -0.25) is 4.98 Å². The zero-order valence-corrected chi connectivity index (χ0v) is 11.1. The number of hydrogen-bond acceptors (Lipinski definition) is 3. The van der Waals surface area contributed by atoms with Crippen molar-refractivity contribution in [1.82, 2.24) is 10.1 Å². The van der Waals surface area contributed by atoms with Crippen molar-refractivity contribution in [3.63, 3.8) is 0 Å². The SMILES string of the molecule is NCCC[n+]1[nH]c2c(c1C(=O)O)CCc1cnccc1-2. The minimum absolute atomic E-state index is 0.357. The molecule has 4 N–H and O–H groups in total. The second-order valence-electron chi connectivity index (χ2n) is 4.95. The summed E-state index contributed by atoms with van der Waals surface area (Å²) < 4.78 is 1.70. The molecule has 0 aliphatic heterocycles. The van der Waals surface area contributed by atoms with Crippen LogP contribution in [0.25, 0.3) is 11.3 Å². The minimum atomic E-state index is -0.892. The molecule has 1 aliphatic rings. The molecule has 0 atom stereocenters. The van der Waals surface area contributed by atoms with E-state index in [1.807, 2.05) is 12.3 Å². The maximum atomic E-state index is 11.5. The molecule has 0 saturated heterocycles. The number of aromatic amines is 1. The number of hydrogen-bond donors (Lipinski definition) is 3. The molecule has 2 aromatic rings. The van der Waals surface area contributed by atoms with Gasteiger partial charge in [0.25, 0.3) is 0 Å². The lowest BCUT2D eigenvalue weighted by Gasteiger charge is -2.12. The van der Waals surface area contributed by atoms with Gasteiger partial charge in [0, 0.05) is 24.4 Å². The Labute approximate surface area is 116 Å². The van der Waals surface area contributed by atoms with E-state index < -0.39 is 5.97 Å². The zero-order valence-electron chi connectivity index (χ0n) is 11.1. The summed E-state index contributed by atoms with van der Waals surface area (Å²) in [5.41, 5.74) is 9.87. The highest BCUT2D eigenvalue weighted by atomic mass is 16.4. The maximum Gasteiger partial charge on any atom is 0.404 e. The molecule has 0 fully saturated rings. The number of aryl methyl sites for hydroxylation is 2. The Kier molecular flexibility index (Phi) is 3.23. The predicted octanol–water partition coefficient (Wildman–Crippen LogP) is 0.510. The number of carboxylic acid groups (broad SMARTS) is 1. The van der Waals surface area contributed by atoms with E-state index in [0.29, 0.717) is 18.8 Å². The summed E-state index contributed by atoms with van der Waals surface area (Å²) in [4.78, 5) is 15.7. The van der Waals surface area contributed by atoms with E-state index in [9.17, 15) is 9.90 Å². The number of nitrogens with two attached hydrogens (primary N) is 1. The summed E-state index contributed by atoms with van der Waals surface area (Å²) in [6.07, 6.45) is 5.88. The summed E-state index contributed by atoms with van der Waals surface area (Å²) in [5.74, 6) is -0.892. The molecule has 0 spiro atoms. The molecule has 0 amide bonds. The molecule has 0 aromatic carbocycles. The van der Waals surface area contributed by atoms with Crippen LogP contribution in [-0.4, -0.2) is 27.7 Å². The molecule has 1 aliphatic carbocycles. The molecule has 2 aromatic heterocycles. The fourth-order valence-corrected chi connectivity index (χ4v) is 2.80. The average molecular weight is 273 g/mol. The fraction of sp³-hybridized carbons (Fsp3) is 0.357. The Morgan fingerprint density at radius 3 is 3.10 bits per heavy atom. The second-order valence-corrected chi connectivity index (χ2v) is 4.95. The second kappa shape index (κ2) is 5.05. The van der Waals surface area contributed by atoms with Crippen LogP contribution in [0.15, 0.2) is 18.5 Å². The topological polar surface area (TPSA) is 95.9 Å². The van der Waals surface area contributed by atoms with Crippen molar-refractivity contribution in [2.75, 3.05) is 6.54 Å². The first-order valence-electron chi connectivity index (χ1n) is 6.73. The van der Waals surface area contributed by atoms with Gasteiger partial charge in [0.05, 0.1) is 5.56 Å². The predicted molar refractivity (Wildman–Crippen MR) is 72.3 cm³/mol. The van der Waals surface area contributed by atoms with E-state index in [2.05, 4.69) is 10.1 Å². The van der Waals surface area contributed by atoms with Crippen LogP contribution >= 0.6 is 0 Å². The minimum Gasteiger partial charge on any atom is -0.473 e. The van der Waals surface area contributed by atoms with Crippen LogP contribution in [0.1, 0.15) is 28.0 Å². The molecule has 6 heteroatoms. The molecular weight excluding hydrogens is 256 g/mol. The Balaban J connectivity index is 2.14. The van der Waals surface area contributed by atoms with E-state index in [-0.39, 0.29) is 0 Å². The van der Waals surface area contributed by atoms with Gasteiger partial charge in [-0.2, -0.15) is 5.10 Å². The third-order valence-electron chi connectivity index (χ3n) is 3.71. The first-order chi connectivity index (χ1) is 9.72. The van der Waals surface area contributed by atoms with Gasteiger partial charge in [-0.1, -0.05) is 0 Å². The first-order valence-corrected chi connectivity index (χ1v) is 6.73. The van der Waals surface area contributed by atoms with Crippen LogP contribution in [-0.2, 0) is 19.4 Å². The summed E-state index contributed by atoms with van der Waals surface area (Å²) >= 11 is 0. The molecule has 0 saturated carbocycles. The fourth-order valence-electron chi connectivity index (χ4n) is 2.80. The van der Waals surface area contributed by atoms with Crippen LogP contribution in [0, 0.1) is 0 Å². The number of aromatic nitrogens is 3. The maximum absolute atomic E-state index is 11.5. The molecule has 0 radical (unpaired) electrons. The van der Waals surface area contributed by atoms with Crippen molar-refractivity contribution >= 4 is 5.97 Å². The molecule has 3 rings (SSSR count). The van der Waals surface area contributed by atoms with Crippen LogP contribution in [0.3, 0.4) is 0 Å². The van der Waals surface area contributed by atoms with Crippen molar-refractivity contribution in [2.45, 2.75) is 25.8 Å². The Bertz CT molecular complexity index is 663. The van der Waals surface area contributed by atoms with Gasteiger partial charge in [0.2, 0.25) is 0 Å². The lowest BCUT2D eigenvalue weighted by atomic mass is 9.90. The van der Waals surface area contributed by atoms with Gasteiger partial charge in [-0.25, -0.2) is 4.79 Å². The summed E-state index contributed by atoms with van der Waals surface area (Å²) in [6.45, 7) is 1.13. The highest BCUT2D eigenvalue weighted by Gasteiger charge is 2.33. The van der Waals surface area contributed by atoms with E-state index in [4.69, 9.17) is 5.73 Å². The number of aromatic carboxylic acids is 1. The van der Waals surface area contributed by atoms with Crippen molar-refractivity contribution in [3.8, 4) is 11.3 Å². The summed E-state index contributed by atoms with van der Waals surface area (Å²) in [5, 5.41) is 12.7. The summed E-state index contributed by atoms with van der Waals surface area (Å²) in [7, 11) is 0. The Hall–Kier alpha value is -2.21. The van der Waals surface area contributed by atoms with E-state index in [0.717, 1.165) is 41.6 Å². The quantitative estimate of drug-likeness (QED) is 0.707. The normalized spacial score (nSPS) is 12.8. The lowest BCUT2D eigenvalue weighted by molar-refractivity contribution is -0.751. The van der Waals surface area contributed by atoms with Crippen LogP contribution in [0.2, 0.25) is 0 Å². The Morgan fingerprint density at radius 2 is 2.35 bits per heavy atom. The standard InChI is InChI=1S/C14H16N4O2/c15-5-1-7-18-13(14(19)20)11-3-2-9-8-16-6-4-10(9)12(11)17-18/h4,6,8H,1-3,5,7,15H2,(H,19,20)/p+1. The van der Waals surface area contributed by atoms with Gasteiger partial charge in [0.15, 0.2) is 6.54 Å². The molecule has 0 unspecified atom stereocenters. The molecule has 104 valence electrons. The zero-order chi connectivity index (χ0) is 14.1. The number of carbonyl (C=O) groups is 1. The average Bonchev–Trinajstić information content (AvgIpc) is 2.84. The van der Waals surface area contributed by atoms with Gasteiger partial charge in [0.1, 0.15) is 5.69 Å². The molecule has 2 heterocycles. The van der Waals surface area contributed by atoms with E-state index >= 15 is 0 Å². The summed E-state index contributed by atoms with van der Waals surface area (Å²) in [6, 6.07) is 1.93. The Morgan fingerprint density at radius 1 is 1.50 bits per heavy atom. The van der Waals surface area contributed by atoms with Crippen molar-refractivity contribution in [1.29, 1.82) is 0 Å². The van der Waals surface area contributed by atoms with Crippen LogP contribution in [0.5, 0.6) is 0 Å². The third-order valence-corrected chi connectivity index (χ3v) is 3.71. The number of carboxylic acids is 1. The monoisotopic (exact) mass is 273 g/mol. The van der Waals surface area contributed by atoms with Gasteiger partial charge < -0.3 is 10.8 Å². The van der Waals surface area contributed by atoms with Crippen molar-refractivity contribution < 1.29 is 14.6 Å². The molecule has 0 bridgehead atoms. The smallest absolute Gasteiger partial charge is 0.404 e. The van der Waals surface area contributed by atoms with Crippen molar-refractivity contribution in [2.24, 2.45) is 5.73 Å².